The molecule has 4 aromatic rings. The lowest BCUT2D eigenvalue weighted by Crippen LogP contribution is -2.25. The van der Waals surface area contributed by atoms with Gasteiger partial charge in [-0.25, -0.2) is 9.50 Å². The topological polar surface area (TPSA) is 85.8 Å². The fourth-order valence-corrected chi connectivity index (χ4v) is 4.26. The van der Waals surface area contributed by atoms with Crippen LogP contribution in [-0.4, -0.2) is 51.6 Å². The number of carbonyl (C=O) groups excluding carboxylic acids is 1. The number of hydrogen-bond acceptors (Lipinski definition) is 5. The van der Waals surface area contributed by atoms with Crippen LogP contribution in [0.15, 0.2) is 66.7 Å². The Hall–Kier alpha value is -3.71. The third-order valence-corrected chi connectivity index (χ3v) is 6.01. The number of fused-ring (bicyclic) bond motifs is 1. The van der Waals surface area contributed by atoms with E-state index < -0.39 is 5.91 Å². The van der Waals surface area contributed by atoms with E-state index in [0.717, 1.165) is 40.6 Å². The Morgan fingerprint density at radius 1 is 1.00 bits per heavy atom. The maximum Gasteiger partial charge on any atom is 0.248 e. The van der Waals surface area contributed by atoms with Crippen LogP contribution in [-0.2, 0) is 6.42 Å². The molecular weight excluding hydrogens is 414 g/mol. The molecule has 5 rings (SSSR count). The summed E-state index contributed by atoms with van der Waals surface area (Å²) in [5.41, 5.74) is 9.51. The van der Waals surface area contributed by atoms with Gasteiger partial charge in [0.25, 0.3) is 0 Å². The van der Waals surface area contributed by atoms with Crippen molar-refractivity contribution in [3.63, 3.8) is 0 Å². The lowest BCUT2D eigenvalue weighted by molar-refractivity contribution is 0.100. The molecule has 2 aromatic carbocycles. The molecular formula is C26H27N5O2. The smallest absolute Gasteiger partial charge is 0.248 e. The molecule has 0 aliphatic carbocycles. The second-order valence-electron chi connectivity index (χ2n) is 8.37. The first kappa shape index (κ1) is 21.2. The summed E-state index contributed by atoms with van der Waals surface area (Å²) < 4.78 is 7.71. The van der Waals surface area contributed by atoms with Gasteiger partial charge in [-0.15, -0.1) is 0 Å². The number of rotatable bonds is 8. The van der Waals surface area contributed by atoms with Crippen LogP contribution in [0.1, 0.15) is 34.6 Å². The van der Waals surface area contributed by atoms with Crippen LogP contribution in [0.2, 0.25) is 0 Å². The van der Waals surface area contributed by atoms with E-state index >= 15 is 0 Å². The second kappa shape index (κ2) is 9.42. The van der Waals surface area contributed by atoms with Gasteiger partial charge in [0.15, 0.2) is 11.5 Å². The molecule has 168 valence electrons. The Morgan fingerprint density at radius 2 is 1.79 bits per heavy atom. The van der Waals surface area contributed by atoms with Crippen LogP contribution in [0.25, 0.3) is 16.9 Å². The Bertz CT molecular complexity index is 1260. The number of benzene rings is 2. The standard InChI is InChI=1S/C26H27N5O2/c27-26(32)21-6-3-5-20(18-21)23-7-4-8-25-28-24(29-31(23)25)17-19-9-11-22(12-10-19)33-16-15-30-13-1-2-14-30/h3-12,18H,1-2,13-17H2,(H2,27,32). The van der Waals surface area contributed by atoms with Gasteiger partial charge in [0.1, 0.15) is 12.4 Å². The Labute approximate surface area is 192 Å². The summed E-state index contributed by atoms with van der Waals surface area (Å²) in [6.07, 6.45) is 3.22. The summed E-state index contributed by atoms with van der Waals surface area (Å²) in [4.78, 5) is 18.7. The van der Waals surface area contributed by atoms with Gasteiger partial charge in [-0.3, -0.25) is 9.69 Å². The monoisotopic (exact) mass is 441 g/mol. The van der Waals surface area contributed by atoms with Crippen molar-refractivity contribution >= 4 is 11.6 Å². The lowest BCUT2D eigenvalue weighted by Gasteiger charge is -2.14. The molecule has 0 atom stereocenters. The highest BCUT2D eigenvalue weighted by atomic mass is 16.5. The summed E-state index contributed by atoms with van der Waals surface area (Å²) in [5, 5.41) is 4.73. The first-order chi connectivity index (χ1) is 16.2. The SMILES string of the molecule is NC(=O)c1cccc(-c2cccc3nc(Cc4ccc(OCCN5CCCC5)cc4)nn23)c1. The molecule has 1 aliphatic rings. The third-order valence-electron chi connectivity index (χ3n) is 6.01. The van der Waals surface area contributed by atoms with Crippen LogP contribution in [0.4, 0.5) is 0 Å². The summed E-state index contributed by atoms with van der Waals surface area (Å²) in [6, 6.07) is 21.2. The number of aromatic nitrogens is 3. The van der Waals surface area contributed by atoms with E-state index in [1.807, 2.05) is 47.0 Å². The van der Waals surface area contributed by atoms with Crippen molar-refractivity contribution in [1.82, 2.24) is 19.5 Å². The van der Waals surface area contributed by atoms with Crippen LogP contribution in [0, 0.1) is 0 Å². The lowest BCUT2D eigenvalue weighted by atomic mass is 10.1. The predicted octanol–water partition coefficient (Wildman–Crippen LogP) is 3.56. The summed E-state index contributed by atoms with van der Waals surface area (Å²) >= 11 is 0. The van der Waals surface area contributed by atoms with Crippen molar-refractivity contribution in [3.05, 3.63) is 83.7 Å². The van der Waals surface area contributed by atoms with Gasteiger partial charge in [0.2, 0.25) is 5.91 Å². The molecule has 0 bridgehead atoms. The highest BCUT2D eigenvalue weighted by Crippen LogP contribution is 2.22. The van der Waals surface area contributed by atoms with E-state index in [-0.39, 0.29) is 0 Å². The van der Waals surface area contributed by atoms with Gasteiger partial charge in [0, 0.05) is 24.1 Å². The average Bonchev–Trinajstić information content (AvgIpc) is 3.49. The molecule has 0 saturated carbocycles. The van der Waals surface area contributed by atoms with Gasteiger partial charge in [-0.2, -0.15) is 5.10 Å². The summed E-state index contributed by atoms with van der Waals surface area (Å²) in [5.74, 6) is 1.17. The number of carbonyl (C=O) groups is 1. The number of primary amides is 1. The zero-order chi connectivity index (χ0) is 22.6. The number of ether oxygens (including phenoxy) is 1. The highest BCUT2D eigenvalue weighted by molar-refractivity contribution is 5.94. The van der Waals surface area contributed by atoms with Crippen LogP contribution >= 0.6 is 0 Å². The third kappa shape index (κ3) is 4.88. The van der Waals surface area contributed by atoms with E-state index in [1.165, 1.54) is 25.9 Å². The van der Waals surface area contributed by atoms with Crippen molar-refractivity contribution in [3.8, 4) is 17.0 Å². The normalized spacial score (nSPS) is 14.1. The second-order valence-corrected chi connectivity index (χ2v) is 8.37. The molecule has 2 N–H and O–H groups in total. The first-order valence-electron chi connectivity index (χ1n) is 11.3. The summed E-state index contributed by atoms with van der Waals surface area (Å²) in [6.45, 7) is 4.07. The largest absolute Gasteiger partial charge is 0.492 e. The molecule has 7 heteroatoms. The Balaban J connectivity index is 1.29. The number of nitrogens with two attached hydrogens (primary N) is 1. The van der Waals surface area contributed by atoms with Crippen LogP contribution in [0.3, 0.4) is 0 Å². The number of likely N-dealkylation sites (tertiary alicyclic amines) is 1. The Morgan fingerprint density at radius 3 is 2.58 bits per heavy atom. The predicted molar refractivity (Wildman–Crippen MR) is 127 cm³/mol. The zero-order valence-corrected chi connectivity index (χ0v) is 18.5. The minimum absolute atomic E-state index is 0.452. The number of hydrogen-bond donors (Lipinski definition) is 1. The van der Waals surface area contributed by atoms with Gasteiger partial charge in [-0.05, 0) is 67.9 Å². The molecule has 33 heavy (non-hydrogen) atoms. The highest BCUT2D eigenvalue weighted by Gasteiger charge is 2.12. The van der Waals surface area contributed by atoms with Crippen molar-refractivity contribution in [2.75, 3.05) is 26.2 Å². The molecule has 1 saturated heterocycles. The van der Waals surface area contributed by atoms with E-state index in [2.05, 4.69) is 17.0 Å². The van der Waals surface area contributed by atoms with E-state index in [0.29, 0.717) is 18.6 Å². The van der Waals surface area contributed by atoms with Gasteiger partial charge in [-0.1, -0.05) is 30.3 Å². The zero-order valence-electron chi connectivity index (χ0n) is 18.5. The molecule has 0 unspecified atom stereocenters. The fourth-order valence-electron chi connectivity index (χ4n) is 4.26. The van der Waals surface area contributed by atoms with Gasteiger partial charge < -0.3 is 10.5 Å². The first-order valence-corrected chi connectivity index (χ1v) is 11.3. The van der Waals surface area contributed by atoms with Crippen LogP contribution in [0.5, 0.6) is 5.75 Å². The van der Waals surface area contributed by atoms with Gasteiger partial charge >= 0.3 is 0 Å². The minimum atomic E-state index is -0.452. The fraction of sp³-hybridized carbons (Fsp3) is 0.269. The maximum atomic E-state index is 11.6. The maximum absolute atomic E-state index is 11.6. The molecule has 7 nitrogen and oxygen atoms in total. The molecule has 2 aromatic heterocycles. The van der Waals surface area contributed by atoms with Crippen LogP contribution < -0.4 is 10.5 Å². The van der Waals surface area contributed by atoms with E-state index in [1.54, 1.807) is 12.1 Å². The molecule has 0 spiro atoms. The molecule has 1 amide bonds. The number of pyridine rings is 1. The molecule has 1 fully saturated rings. The van der Waals surface area contributed by atoms with Crippen molar-refractivity contribution in [2.45, 2.75) is 19.3 Å². The molecule has 0 radical (unpaired) electrons. The average molecular weight is 442 g/mol. The molecule has 3 heterocycles. The minimum Gasteiger partial charge on any atom is -0.492 e. The molecule has 1 aliphatic heterocycles. The quantitative estimate of drug-likeness (QED) is 0.452. The van der Waals surface area contributed by atoms with E-state index in [9.17, 15) is 4.79 Å². The number of nitrogens with zero attached hydrogens (tertiary/aromatic N) is 4. The number of amides is 1. The van der Waals surface area contributed by atoms with Gasteiger partial charge in [0.05, 0.1) is 5.69 Å². The summed E-state index contributed by atoms with van der Waals surface area (Å²) in [7, 11) is 0. The van der Waals surface area contributed by atoms with Crippen molar-refractivity contribution < 1.29 is 9.53 Å². The van der Waals surface area contributed by atoms with E-state index in [4.69, 9.17) is 20.6 Å². The van der Waals surface area contributed by atoms with Crippen molar-refractivity contribution in [2.24, 2.45) is 5.73 Å². The Kier molecular flexibility index (Phi) is 6.04. The van der Waals surface area contributed by atoms with Crippen molar-refractivity contribution in [1.29, 1.82) is 0 Å².